The Morgan fingerprint density at radius 1 is 1.69 bits per heavy atom. The Labute approximate surface area is 95.5 Å². The summed E-state index contributed by atoms with van der Waals surface area (Å²) in [6.45, 7) is 2.63. The summed E-state index contributed by atoms with van der Waals surface area (Å²) in [5, 5.41) is 8.81. The number of hydrogen-bond donors (Lipinski definition) is 0. The predicted molar refractivity (Wildman–Crippen MR) is 61.1 cm³/mol. The fraction of sp³-hybridized carbons (Fsp3) is 0.500. The maximum absolute atomic E-state index is 8.81. The van der Waals surface area contributed by atoms with Crippen molar-refractivity contribution >= 4 is 5.82 Å². The highest BCUT2D eigenvalue weighted by Gasteiger charge is 2.18. The van der Waals surface area contributed by atoms with E-state index in [2.05, 4.69) is 16.0 Å². The molecule has 84 valence electrons. The van der Waals surface area contributed by atoms with Gasteiger partial charge in [-0.3, -0.25) is 0 Å². The summed E-state index contributed by atoms with van der Waals surface area (Å²) in [7, 11) is 2.00. The van der Waals surface area contributed by atoms with E-state index >= 15 is 0 Å². The molecule has 4 heteroatoms. The Hall–Kier alpha value is -1.60. The highest BCUT2D eigenvalue weighted by atomic mass is 16.5. The van der Waals surface area contributed by atoms with E-state index in [0.29, 0.717) is 11.5 Å². The molecule has 0 spiro atoms. The number of pyridine rings is 1. The Morgan fingerprint density at radius 2 is 2.56 bits per heavy atom. The van der Waals surface area contributed by atoms with E-state index in [1.165, 1.54) is 0 Å². The second-order valence-electron chi connectivity index (χ2n) is 4.12. The zero-order valence-corrected chi connectivity index (χ0v) is 9.39. The Morgan fingerprint density at radius 3 is 3.25 bits per heavy atom. The molecule has 2 rings (SSSR count). The summed E-state index contributed by atoms with van der Waals surface area (Å²) in [6.07, 6.45) is 2.79. The van der Waals surface area contributed by atoms with E-state index in [-0.39, 0.29) is 0 Å². The van der Waals surface area contributed by atoms with Crippen molar-refractivity contribution in [2.75, 3.05) is 31.7 Å². The molecule has 1 aliphatic rings. The lowest BCUT2D eigenvalue weighted by molar-refractivity contribution is 0.186. The van der Waals surface area contributed by atoms with E-state index in [9.17, 15) is 0 Å². The molecule has 1 atom stereocenters. The van der Waals surface area contributed by atoms with Crippen molar-refractivity contribution in [3.63, 3.8) is 0 Å². The highest BCUT2D eigenvalue weighted by molar-refractivity contribution is 5.44. The molecule has 1 aromatic heterocycles. The number of ether oxygens (including phenoxy) is 1. The van der Waals surface area contributed by atoms with Gasteiger partial charge in [0.1, 0.15) is 5.82 Å². The maximum Gasteiger partial charge on any atom is 0.129 e. The second-order valence-corrected chi connectivity index (χ2v) is 4.12. The summed E-state index contributed by atoms with van der Waals surface area (Å²) < 4.78 is 5.34. The predicted octanol–water partition coefficient (Wildman–Crippen LogP) is 1.43. The molecular formula is C12H15N3O. The fourth-order valence-corrected chi connectivity index (χ4v) is 1.90. The Bertz CT molecular complexity index is 393. The molecular weight excluding hydrogens is 202 g/mol. The minimum Gasteiger partial charge on any atom is -0.381 e. The first kappa shape index (κ1) is 10.9. The van der Waals surface area contributed by atoms with Gasteiger partial charge in [-0.1, -0.05) is 0 Å². The van der Waals surface area contributed by atoms with Crippen molar-refractivity contribution in [2.24, 2.45) is 5.92 Å². The van der Waals surface area contributed by atoms with Gasteiger partial charge in [0.2, 0.25) is 0 Å². The van der Waals surface area contributed by atoms with Gasteiger partial charge in [-0.25, -0.2) is 4.98 Å². The van der Waals surface area contributed by atoms with Gasteiger partial charge in [0.15, 0.2) is 0 Å². The van der Waals surface area contributed by atoms with Crippen LogP contribution in [0.15, 0.2) is 18.3 Å². The first-order valence-corrected chi connectivity index (χ1v) is 5.44. The van der Waals surface area contributed by atoms with E-state index in [1.54, 1.807) is 12.3 Å². The van der Waals surface area contributed by atoms with Crippen molar-refractivity contribution in [3.05, 3.63) is 23.9 Å². The van der Waals surface area contributed by atoms with Crippen LogP contribution in [-0.2, 0) is 4.74 Å². The summed E-state index contributed by atoms with van der Waals surface area (Å²) in [5.74, 6) is 1.43. The SMILES string of the molecule is CN(C[C@H]1CCOC1)c1cc(C#N)ccn1. The van der Waals surface area contributed by atoms with Gasteiger partial charge >= 0.3 is 0 Å². The molecule has 0 radical (unpaired) electrons. The molecule has 0 bridgehead atoms. The minimum atomic E-state index is 0.581. The number of nitriles is 1. The summed E-state index contributed by atoms with van der Waals surface area (Å²) in [5.41, 5.74) is 0.652. The zero-order chi connectivity index (χ0) is 11.4. The van der Waals surface area contributed by atoms with E-state index in [1.807, 2.05) is 13.1 Å². The normalized spacial score (nSPS) is 19.4. The van der Waals surface area contributed by atoms with Crippen LogP contribution in [0, 0.1) is 17.2 Å². The number of hydrogen-bond acceptors (Lipinski definition) is 4. The van der Waals surface area contributed by atoms with E-state index < -0.39 is 0 Å². The molecule has 0 N–H and O–H groups in total. The van der Waals surface area contributed by atoms with Crippen LogP contribution >= 0.6 is 0 Å². The quantitative estimate of drug-likeness (QED) is 0.768. The van der Waals surface area contributed by atoms with Crippen molar-refractivity contribution in [1.82, 2.24) is 4.98 Å². The topological polar surface area (TPSA) is 49.1 Å². The van der Waals surface area contributed by atoms with E-state index in [0.717, 1.165) is 32.0 Å². The van der Waals surface area contributed by atoms with E-state index in [4.69, 9.17) is 10.00 Å². The van der Waals surface area contributed by atoms with Crippen LogP contribution < -0.4 is 4.90 Å². The lowest BCUT2D eigenvalue weighted by atomic mass is 10.1. The third kappa shape index (κ3) is 2.50. The molecule has 1 saturated heterocycles. The monoisotopic (exact) mass is 217 g/mol. The lowest BCUT2D eigenvalue weighted by Crippen LogP contribution is -2.26. The Kier molecular flexibility index (Phi) is 3.37. The third-order valence-corrected chi connectivity index (χ3v) is 2.82. The third-order valence-electron chi connectivity index (χ3n) is 2.82. The molecule has 0 aromatic carbocycles. The summed E-state index contributed by atoms with van der Waals surface area (Å²) in [4.78, 5) is 6.35. The van der Waals surface area contributed by atoms with Gasteiger partial charge in [0, 0.05) is 32.3 Å². The van der Waals surface area contributed by atoms with Gasteiger partial charge in [-0.15, -0.1) is 0 Å². The standard InChI is InChI=1S/C12H15N3O/c1-15(8-11-3-5-16-9-11)12-6-10(7-13)2-4-14-12/h2,4,6,11H,3,5,8-9H2,1H3/t11-/m1/s1. The van der Waals surface area contributed by atoms with Crippen molar-refractivity contribution in [2.45, 2.75) is 6.42 Å². The number of rotatable bonds is 3. The van der Waals surface area contributed by atoms with Crippen LogP contribution in [0.2, 0.25) is 0 Å². The van der Waals surface area contributed by atoms with Gasteiger partial charge < -0.3 is 9.64 Å². The number of nitrogens with zero attached hydrogens (tertiary/aromatic N) is 3. The molecule has 4 nitrogen and oxygen atoms in total. The Balaban J connectivity index is 2.02. The first-order valence-electron chi connectivity index (χ1n) is 5.44. The van der Waals surface area contributed by atoms with Gasteiger partial charge in [-0.05, 0) is 18.6 Å². The average Bonchev–Trinajstić information content (AvgIpc) is 2.82. The molecule has 0 saturated carbocycles. The van der Waals surface area contributed by atoms with Gasteiger partial charge in [0.25, 0.3) is 0 Å². The van der Waals surface area contributed by atoms with Crippen LogP contribution in [0.25, 0.3) is 0 Å². The van der Waals surface area contributed by atoms with Crippen molar-refractivity contribution in [1.29, 1.82) is 5.26 Å². The largest absolute Gasteiger partial charge is 0.381 e. The molecule has 0 unspecified atom stereocenters. The zero-order valence-electron chi connectivity index (χ0n) is 9.39. The average molecular weight is 217 g/mol. The smallest absolute Gasteiger partial charge is 0.129 e. The molecule has 1 aliphatic heterocycles. The molecule has 16 heavy (non-hydrogen) atoms. The highest BCUT2D eigenvalue weighted by Crippen LogP contribution is 2.17. The van der Waals surface area contributed by atoms with Crippen LogP contribution in [0.3, 0.4) is 0 Å². The van der Waals surface area contributed by atoms with Crippen LogP contribution in [0.1, 0.15) is 12.0 Å². The van der Waals surface area contributed by atoms with Crippen LogP contribution in [0.4, 0.5) is 5.82 Å². The van der Waals surface area contributed by atoms with Crippen molar-refractivity contribution < 1.29 is 4.74 Å². The first-order chi connectivity index (χ1) is 7.79. The van der Waals surface area contributed by atoms with Gasteiger partial charge in [-0.2, -0.15) is 5.26 Å². The lowest BCUT2D eigenvalue weighted by Gasteiger charge is -2.21. The molecule has 2 heterocycles. The van der Waals surface area contributed by atoms with Crippen molar-refractivity contribution in [3.8, 4) is 6.07 Å². The number of anilines is 1. The maximum atomic E-state index is 8.81. The number of aromatic nitrogens is 1. The minimum absolute atomic E-state index is 0.581. The molecule has 1 aromatic rings. The fourth-order valence-electron chi connectivity index (χ4n) is 1.90. The summed E-state index contributed by atoms with van der Waals surface area (Å²) in [6, 6.07) is 5.66. The van der Waals surface area contributed by atoms with Crippen LogP contribution in [0.5, 0.6) is 0 Å². The molecule has 0 amide bonds. The molecule has 1 fully saturated rings. The van der Waals surface area contributed by atoms with Gasteiger partial charge in [0.05, 0.1) is 18.2 Å². The molecule has 0 aliphatic carbocycles. The summed E-state index contributed by atoms with van der Waals surface area (Å²) >= 11 is 0. The van der Waals surface area contributed by atoms with Crippen LogP contribution in [-0.4, -0.2) is 31.8 Å². The second kappa shape index (κ2) is 4.95.